The van der Waals surface area contributed by atoms with Gasteiger partial charge in [-0.3, -0.25) is 5.10 Å². The van der Waals surface area contributed by atoms with Crippen molar-refractivity contribution in [1.82, 2.24) is 19.8 Å². The molecule has 0 saturated carbocycles. The van der Waals surface area contributed by atoms with Crippen LogP contribution in [0.4, 0.5) is 0 Å². The average Bonchev–Trinajstić information content (AvgIpc) is 2.87. The van der Waals surface area contributed by atoms with E-state index in [0.717, 1.165) is 12.8 Å². The lowest BCUT2D eigenvalue weighted by Crippen LogP contribution is -2.41. The molecule has 120 valence electrons. The summed E-state index contributed by atoms with van der Waals surface area (Å²) in [6.07, 6.45) is 3.40. The second-order valence-corrected chi connectivity index (χ2v) is 8.67. The molecular weight excluding hydrogens is 288 g/mol. The van der Waals surface area contributed by atoms with Gasteiger partial charge in [0.2, 0.25) is 0 Å². The number of aromatic nitrogens is 2. The second kappa shape index (κ2) is 6.06. The first kappa shape index (κ1) is 16.5. The van der Waals surface area contributed by atoms with E-state index < -0.39 is 10.0 Å². The number of nitrogens with one attached hydrogen (secondary N) is 2. The normalized spacial score (nSPS) is 19.0. The average molecular weight is 314 g/mol. The number of hydrogen-bond donors (Lipinski definition) is 2. The van der Waals surface area contributed by atoms with Gasteiger partial charge in [0.1, 0.15) is 0 Å². The van der Waals surface area contributed by atoms with Crippen molar-refractivity contribution >= 4 is 10.0 Å². The highest BCUT2D eigenvalue weighted by atomic mass is 32.2. The fourth-order valence-electron chi connectivity index (χ4n) is 2.93. The van der Waals surface area contributed by atoms with Crippen LogP contribution >= 0.6 is 0 Å². The first-order valence-corrected chi connectivity index (χ1v) is 8.88. The zero-order chi connectivity index (χ0) is 15.7. The van der Waals surface area contributed by atoms with Crippen LogP contribution in [0.2, 0.25) is 0 Å². The molecule has 0 atom stereocenters. The van der Waals surface area contributed by atoms with E-state index in [2.05, 4.69) is 36.3 Å². The minimum atomic E-state index is -3.47. The van der Waals surface area contributed by atoms with Gasteiger partial charge in [-0.15, -0.1) is 0 Å². The van der Waals surface area contributed by atoms with Gasteiger partial charge in [-0.05, 0) is 31.2 Å². The molecule has 1 aliphatic heterocycles. The smallest absolute Gasteiger partial charge is 0.260 e. The molecule has 0 spiro atoms. The van der Waals surface area contributed by atoms with E-state index in [1.165, 1.54) is 0 Å². The fourth-order valence-corrected chi connectivity index (χ4v) is 4.50. The lowest BCUT2D eigenvalue weighted by Gasteiger charge is -2.38. The SMILES string of the molecule is CNCc1cn[nH]c1S(=O)(=O)N1CCC(C(C)(C)C)CC1. The molecule has 21 heavy (non-hydrogen) atoms. The maximum atomic E-state index is 12.7. The number of H-pyrrole nitrogens is 1. The third kappa shape index (κ3) is 3.46. The monoisotopic (exact) mass is 314 g/mol. The number of nitrogens with zero attached hydrogens (tertiary/aromatic N) is 2. The number of sulfonamides is 1. The van der Waals surface area contributed by atoms with Crippen LogP contribution in [0.1, 0.15) is 39.2 Å². The zero-order valence-electron chi connectivity index (χ0n) is 13.3. The number of hydrogen-bond acceptors (Lipinski definition) is 4. The minimum Gasteiger partial charge on any atom is -0.316 e. The topological polar surface area (TPSA) is 78.1 Å². The molecule has 1 aromatic heterocycles. The summed E-state index contributed by atoms with van der Waals surface area (Å²) in [6, 6.07) is 0. The Hall–Kier alpha value is -0.920. The lowest BCUT2D eigenvalue weighted by molar-refractivity contribution is 0.154. The van der Waals surface area contributed by atoms with Crippen molar-refractivity contribution in [2.75, 3.05) is 20.1 Å². The van der Waals surface area contributed by atoms with Crippen LogP contribution in [-0.4, -0.2) is 43.1 Å². The Morgan fingerprint density at radius 3 is 2.52 bits per heavy atom. The molecule has 2 heterocycles. The summed E-state index contributed by atoms with van der Waals surface area (Å²) in [5.74, 6) is 0.572. The molecule has 1 aliphatic rings. The van der Waals surface area contributed by atoms with E-state index in [0.29, 0.717) is 31.1 Å². The van der Waals surface area contributed by atoms with E-state index in [1.54, 1.807) is 17.5 Å². The Bertz CT molecular complexity index is 566. The van der Waals surface area contributed by atoms with E-state index in [4.69, 9.17) is 0 Å². The van der Waals surface area contributed by atoms with Crippen LogP contribution in [0, 0.1) is 11.3 Å². The van der Waals surface area contributed by atoms with Gasteiger partial charge in [-0.25, -0.2) is 8.42 Å². The maximum Gasteiger partial charge on any atom is 0.260 e. The molecule has 7 heteroatoms. The van der Waals surface area contributed by atoms with Crippen molar-refractivity contribution in [3.63, 3.8) is 0 Å². The first-order valence-electron chi connectivity index (χ1n) is 7.44. The molecule has 0 amide bonds. The molecule has 6 nitrogen and oxygen atoms in total. The van der Waals surface area contributed by atoms with E-state index in [1.807, 2.05) is 0 Å². The van der Waals surface area contributed by atoms with Gasteiger partial charge >= 0.3 is 0 Å². The maximum absolute atomic E-state index is 12.7. The standard InChI is InChI=1S/C14H26N4O2S/c1-14(2,3)12-5-7-18(8-6-12)21(19,20)13-11(9-15-4)10-16-17-13/h10,12,15H,5-9H2,1-4H3,(H,16,17). The molecule has 0 aliphatic carbocycles. The van der Waals surface area contributed by atoms with Crippen molar-refractivity contribution in [3.8, 4) is 0 Å². The van der Waals surface area contributed by atoms with Gasteiger partial charge in [-0.1, -0.05) is 20.8 Å². The quantitative estimate of drug-likeness (QED) is 0.884. The molecule has 1 aromatic rings. The lowest BCUT2D eigenvalue weighted by atomic mass is 9.76. The predicted molar refractivity (Wildman–Crippen MR) is 82.3 cm³/mol. The van der Waals surface area contributed by atoms with Crippen molar-refractivity contribution in [1.29, 1.82) is 0 Å². The van der Waals surface area contributed by atoms with Crippen molar-refractivity contribution in [3.05, 3.63) is 11.8 Å². The van der Waals surface area contributed by atoms with Crippen LogP contribution < -0.4 is 5.32 Å². The highest BCUT2D eigenvalue weighted by Crippen LogP contribution is 2.35. The van der Waals surface area contributed by atoms with E-state index in [9.17, 15) is 8.42 Å². The van der Waals surface area contributed by atoms with Crippen LogP contribution in [0.5, 0.6) is 0 Å². The predicted octanol–water partition coefficient (Wildman–Crippen LogP) is 1.58. The summed E-state index contributed by atoms with van der Waals surface area (Å²) >= 11 is 0. The first-order chi connectivity index (χ1) is 9.76. The Kier molecular flexibility index (Phi) is 4.75. The molecule has 2 N–H and O–H groups in total. The van der Waals surface area contributed by atoms with Crippen molar-refractivity contribution in [2.24, 2.45) is 11.3 Å². The molecule has 0 aromatic carbocycles. The van der Waals surface area contributed by atoms with Crippen LogP contribution in [0.3, 0.4) is 0 Å². The summed E-state index contributed by atoms with van der Waals surface area (Å²) in [6.45, 7) is 8.33. The zero-order valence-corrected chi connectivity index (χ0v) is 14.1. The van der Waals surface area contributed by atoms with Crippen LogP contribution in [-0.2, 0) is 16.6 Å². The number of piperidine rings is 1. The van der Waals surface area contributed by atoms with Gasteiger partial charge in [0.25, 0.3) is 10.0 Å². The molecule has 0 unspecified atom stereocenters. The second-order valence-electron chi connectivity index (χ2n) is 6.80. The van der Waals surface area contributed by atoms with Gasteiger partial charge < -0.3 is 5.32 Å². The summed E-state index contributed by atoms with van der Waals surface area (Å²) in [7, 11) is -1.68. The fraction of sp³-hybridized carbons (Fsp3) is 0.786. The number of aromatic amines is 1. The third-order valence-electron chi connectivity index (χ3n) is 4.32. The van der Waals surface area contributed by atoms with Crippen molar-refractivity contribution < 1.29 is 8.42 Å². The van der Waals surface area contributed by atoms with Gasteiger partial charge in [0.15, 0.2) is 5.03 Å². The molecular formula is C14H26N4O2S. The summed E-state index contributed by atoms with van der Waals surface area (Å²) in [5, 5.41) is 9.73. The summed E-state index contributed by atoms with van der Waals surface area (Å²) in [5.41, 5.74) is 0.927. The Morgan fingerprint density at radius 2 is 2.00 bits per heavy atom. The Balaban J connectivity index is 2.13. The van der Waals surface area contributed by atoms with E-state index in [-0.39, 0.29) is 10.4 Å². The minimum absolute atomic E-state index is 0.228. The Morgan fingerprint density at radius 1 is 1.38 bits per heavy atom. The highest BCUT2D eigenvalue weighted by Gasteiger charge is 2.35. The molecule has 2 rings (SSSR count). The van der Waals surface area contributed by atoms with Gasteiger partial charge in [0.05, 0.1) is 6.20 Å². The largest absolute Gasteiger partial charge is 0.316 e. The summed E-state index contributed by atoms with van der Waals surface area (Å²) in [4.78, 5) is 0. The van der Waals surface area contributed by atoms with E-state index >= 15 is 0 Å². The molecule has 0 radical (unpaired) electrons. The molecule has 1 fully saturated rings. The van der Waals surface area contributed by atoms with Crippen LogP contribution in [0.25, 0.3) is 0 Å². The Labute approximate surface area is 127 Å². The molecule has 0 bridgehead atoms. The molecule has 1 saturated heterocycles. The number of rotatable bonds is 4. The van der Waals surface area contributed by atoms with Crippen LogP contribution in [0.15, 0.2) is 11.2 Å². The van der Waals surface area contributed by atoms with Gasteiger partial charge in [0, 0.05) is 25.2 Å². The summed E-state index contributed by atoms with van der Waals surface area (Å²) < 4.78 is 27.0. The van der Waals surface area contributed by atoms with Gasteiger partial charge in [-0.2, -0.15) is 9.40 Å². The van der Waals surface area contributed by atoms with Crippen molar-refractivity contribution in [2.45, 2.75) is 45.2 Å². The highest BCUT2D eigenvalue weighted by molar-refractivity contribution is 7.89. The third-order valence-corrected chi connectivity index (χ3v) is 6.24.